The van der Waals surface area contributed by atoms with Gasteiger partial charge < -0.3 is 4.90 Å². The first kappa shape index (κ1) is 22.6. The summed E-state index contributed by atoms with van der Waals surface area (Å²) in [6.07, 6.45) is 4.73. The smallest absolute Gasteiger partial charge is 0.303 e. The van der Waals surface area contributed by atoms with Crippen molar-refractivity contribution >= 4 is 16.7 Å². The highest BCUT2D eigenvalue weighted by atomic mass is 19.4. The lowest BCUT2D eigenvalue weighted by Gasteiger charge is -2.32. The van der Waals surface area contributed by atoms with E-state index in [4.69, 9.17) is 0 Å². The zero-order valence-electron chi connectivity index (χ0n) is 18.2. The van der Waals surface area contributed by atoms with Crippen LogP contribution in [0.3, 0.4) is 0 Å². The maximum atomic E-state index is 13.0. The van der Waals surface area contributed by atoms with E-state index in [1.165, 1.54) is 12.1 Å². The van der Waals surface area contributed by atoms with E-state index in [-0.39, 0.29) is 11.8 Å². The number of unbranched alkanes of at least 4 members (excludes halogenated alkanes) is 2. The van der Waals surface area contributed by atoms with Gasteiger partial charge in [0.2, 0.25) is 5.91 Å². The lowest BCUT2D eigenvalue weighted by atomic mass is 9.88. The van der Waals surface area contributed by atoms with E-state index in [1.807, 2.05) is 42.7 Å². The van der Waals surface area contributed by atoms with Crippen LogP contribution in [-0.4, -0.2) is 35.0 Å². The van der Waals surface area contributed by atoms with Gasteiger partial charge in [-0.05, 0) is 73.6 Å². The summed E-state index contributed by atoms with van der Waals surface area (Å²) in [5.41, 5.74) is 0.246. The standard InChI is InChI=1S/C26H29F3N2O/c27-26(28,29)24-10-6-9-21(17-24)20-12-15-30(16-13-20)14-5-1-2-11-25(32)31-18-22-7-3-4-8-23(22)19-31/h3-4,6-10,17-20H,1-2,5,11-16H2. The van der Waals surface area contributed by atoms with Gasteiger partial charge in [0.05, 0.1) is 5.56 Å². The number of aromatic nitrogens is 1. The molecule has 1 aliphatic heterocycles. The summed E-state index contributed by atoms with van der Waals surface area (Å²) >= 11 is 0. The Kier molecular flexibility index (Phi) is 6.99. The summed E-state index contributed by atoms with van der Waals surface area (Å²) in [7, 11) is 0. The van der Waals surface area contributed by atoms with Crippen LogP contribution >= 0.6 is 0 Å². The number of carbonyl (C=O) groups is 1. The number of benzene rings is 2. The summed E-state index contributed by atoms with van der Waals surface area (Å²) in [6.45, 7) is 2.81. The Morgan fingerprint density at radius 2 is 1.59 bits per heavy atom. The average molecular weight is 443 g/mol. The predicted octanol–water partition coefficient (Wildman–Crippen LogP) is 6.74. The molecule has 170 valence electrons. The van der Waals surface area contributed by atoms with E-state index in [0.717, 1.165) is 74.1 Å². The largest absolute Gasteiger partial charge is 0.416 e. The molecule has 4 rings (SSSR count). The third-order valence-electron chi connectivity index (χ3n) is 6.48. The maximum Gasteiger partial charge on any atom is 0.416 e. The highest BCUT2D eigenvalue weighted by Crippen LogP contribution is 2.34. The van der Waals surface area contributed by atoms with Crippen molar-refractivity contribution in [3.63, 3.8) is 0 Å². The van der Waals surface area contributed by atoms with Crippen LogP contribution in [0.1, 0.15) is 60.4 Å². The molecule has 2 heterocycles. The van der Waals surface area contributed by atoms with E-state index >= 15 is 0 Å². The first-order valence-corrected chi connectivity index (χ1v) is 11.4. The van der Waals surface area contributed by atoms with Crippen molar-refractivity contribution in [1.82, 2.24) is 9.47 Å². The molecule has 0 spiro atoms. The summed E-state index contributed by atoms with van der Waals surface area (Å²) < 4.78 is 40.6. The number of rotatable bonds is 7. The third-order valence-corrected chi connectivity index (χ3v) is 6.48. The Labute approximate surface area is 186 Å². The Hall–Kier alpha value is -2.60. The van der Waals surface area contributed by atoms with Gasteiger partial charge in [0, 0.05) is 18.8 Å². The van der Waals surface area contributed by atoms with Gasteiger partial charge in [-0.25, -0.2) is 0 Å². The second-order valence-electron chi connectivity index (χ2n) is 8.74. The monoisotopic (exact) mass is 442 g/mol. The number of alkyl halides is 3. The lowest BCUT2D eigenvalue weighted by Crippen LogP contribution is -2.33. The average Bonchev–Trinajstić information content (AvgIpc) is 3.23. The van der Waals surface area contributed by atoms with E-state index in [9.17, 15) is 18.0 Å². The topological polar surface area (TPSA) is 25.2 Å². The van der Waals surface area contributed by atoms with Crippen LogP contribution < -0.4 is 0 Å². The van der Waals surface area contributed by atoms with Crippen molar-refractivity contribution in [3.05, 3.63) is 72.1 Å². The van der Waals surface area contributed by atoms with Crippen molar-refractivity contribution in [2.24, 2.45) is 0 Å². The molecule has 0 atom stereocenters. The Bertz CT molecular complexity index is 1020. The van der Waals surface area contributed by atoms with Crippen molar-refractivity contribution in [2.75, 3.05) is 19.6 Å². The van der Waals surface area contributed by atoms with Crippen LogP contribution in [0, 0.1) is 0 Å². The Balaban J connectivity index is 1.15. The second-order valence-corrected chi connectivity index (χ2v) is 8.74. The molecule has 0 N–H and O–H groups in total. The van der Waals surface area contributed by atoms with Gasteiger partial charge >= 0.3 is 6.18 Å². The molecule has 1 saturated heterocycles. The van der Waals surface area contributed by atoms with Crippen molar-refractivity contribution < 1.29 is 18.0 Å². The summed E-state index contributed by atoms with van der Waals surface area (Å²) in [5.74, 6) is 0.325. The predicted molar refractivity (Wildman–Crippen MR) is 121 cm³/mol. The summed E-state index contributed by atoms with van der Waals surface area (Å²) in [4.78, 5) is 14.8. The fourth-order valence-corrected chi connectivity index (χ4v) is 4.60. The molecule has 0 saturated carbocycles. The summed E-state index contributed by atoms with van der Waals surface area (Å²) in [6, 6.07) is 13.7. The number of hydrogen-bond acceptors (Lipinski definition) is 2. The van der Waals surface area contributed by atoms with E-state index < -0.39 is 11.7 Å². The van der Waals surface area contributed by atoms with Crippen LogP contribution in [0.4, 0.5) is 13.2 Å². The van der Waals surface area contributed by atoms with Gasteiger partial charge in [0.15, 0.2) is 0 Å². The van der Waals surface area contributed by atoms with Crippen molar-refractivity contribution in [3.8, 4) is 0 Å². The molecule has 2 aromatic carbocycles. The van der Waals surface area contributed by atoms with Gasteiger partial charge in [-0.3, -0.25) is 9.36 Å². The SMILES string of the molecule is O=C(CCCCCN1CCC(c2cccc(C(F)(F)F)c2)CC1)n1cc2ccccc2c1. The minimum Gasteiger partial charge on any atom is -0.303 e. The molecular formula is C26H29F3N2O. The molecule has 1 fully saturated rings. The van der Waals surface area contributed by atoms with Crippen LogP contribution in [0.2, 0.25) is 0 Å². The number of carbonyl (C=O) groups excluding carboxylic acids is 1. The van der Waals surface area contributed by atoms with Crippen LogP contribution in [0.15, 0.2) is 60.9 Å². The minimum absolute atomic E-state index is 0.128. The molecule has 3 nitrogen and oxygen atoms in total. The molecule has 0 unspecified atom stereocenters. The van der Waals surface area contributed by atoms with E-state index in [2.05, 4.69) is 4.90 Å². The van der Waals surface area contributed by atoms with Gasteiger partial charge in [0.1, 0.15) is 0 Å². The fraction of sp³-hybridized carbons (Fsp3) is 0.423. The fourth-order valence-electron chi connectivity index (χ4n) is 4.60. The number of likely N-dealkylation sites (tertiary alicyclic amines) is 1. The third kappa shape index (κ3) is 5.60. The number of fused-ring (bicyclic) bond motifs is 1. The Morgan fingerprint density at radius 1 is 0.906 bits per heavy atom. The van der Waals surface area contributed by atoms with Gasteiger partial charge in [-0.2, -0.15) is 13.2 Å². The van der Waals surface area contributed by atoms with Crippen molar-refractivity contribution in [2.45, 2.75) is 50.6 Å². The second kappa shape index (κ2) is 9.90. The number of piperidine rings is 1. The van der Waals surface area contributed by atoms with Gasteiger partial charge in [-0.15, -0.1) is 0 Å². The molecule has 0 bridgehead atoms. The molecular weight excluding hydrogens is 413 g/mol. The first-order chi connectivity index (χ1) is 15.4. The highest BCUT2D eigenvalue weighted by molar-refractivity contribution is 5.89. The zero-order valence-corrected chi connectivity index (χ0v) is 18.2. The van der Waals surface area contributed by atoms with Crippen LogP contribution in [0.25, 0.3) is 10.8 Å². The van der Waals surface area contributed by atoms with Crippen molar-refractivity contribution in [1.29, 1.82) is 0 Å². The number of halogens is 3. The van der Waals surface area contributed by atoms with Crippen LogP contribution in [-0.2, 0) is 6.18 Å². The maximum absolute atomic E-state index is 13.0. The molecule has 1 aromatic heterocycles. The van der Waals surface area contributed by atoms with Gasteiger partial charge in [0.25, 0.3) is 0 Å². The minimum atomic E-state index is -4.28. The number of hydrogen-bond donors (Lipinski definition) is 0. The molecule has 0 amide bonds. The molecule has 6 heteroatoms. The molecule has 1 aliphatic rings. The molecule has 32 heavy (non-hydrogen) atoms. The number of nitrogens with zero attached hydrogens (tertiary/aromatic N) is 2. The quantitative estimate of drug-likeness (QED) is 0.379. The zero-order chi connectivity index (χ0) is 22.6. The van der Waals surface area contributed by atoms with Crippen LogP contribution in [0.5, 0.6) is 0 Å². The normalized spacial score (nSPS) is 16.0. The highest BCUT2D eigenvalue weighted by Gasteiger charge is 2.31. The van der Waals surface area contributed by atoms with E-state index in [1.54, 1.807) is 4.57 Å². The van der Waals surface area contributed by atoms with E-state index in [0.29, 0.717) is 6.42 Å². The lowest BCUT2D eigenvalue weighted by molar-refractivity contribution is -0.137. The summed E-state index contributed by atoms with van der Waals surface area (Å²) in [5, 5.41) is 2.16. The Morgan fingerprint density at radius 3 is 2.25 bits per heavy atom. The molecule has 0 radical (unpaired) electrons. The molecule has 3 aromatic rings. The van der Waals surface area contributed by atoms with Gasteiger partial charge in [-0.1, -0.05) is 48.9 Å². The molecule has 0 aliphatic carbocycles. The first-order valence-electron chi connectivity index (χ1n) is 11.4.